The summed E-state index contributed by atoms with van der Waals surface area (Å²) in [6.07, 6.45) is 0. The minimum atomic E-state index is -0.229. The zero-order valence-electron chi connectivity index (χ0n) is 9.49. The monoisotopic (exact) mass is 236 g/mol. The van der Waals surface area contributed by atoms with Gasteiger partial charge in [-0.05, 0) is 30.5 Å². The van der Waals surface area contributed by atoms with Crippen molar-refractivity contribution >= 4 is 11.3 Å². The molecular formula is C12H13FN2S. The Balaban J connectivity index is 2.57. The van der Waals surface area contributed by atoms with Crippen LogP contribution in [0.15, 0.2) is 18.2 Å². The highest BCUT2D eigenvalue weighted by Gasteiger charge is 2.13. The van der Waals surface area contributed by atoms with E-state index in [1.54, 1.807) is 0 Å². The lowest BCUT2D eigenvalue weighted by molar-refractivity contribution is 0.627. The molecule has 0 saturated heterocycles. The van der Waals surface area contributed by atoms with E-state index >= 15 is 0 Å². The second-order valence-electron chi connectivity index (χ2n) is 4.01. The molecule has 84 valence electrons. The van der Waals surface area contributed by atoms with Gasteiger partial charge in [0.05, 0.1) is 0 Å². The van der Waals surface area contributed by atoms with Crippen molar-refractivity contribution in [2.24, 2.45) is 0 Å². The summed E-state index contributed by atoms with van der Waals surface area (Å²) in [5.41, 5.74) is 1.97. The standard InChI is InChI=1S/C12H13FN2S/c1-7(2)10-5-4-9(13)6-11(10)12-15-14-8(3)16-12/h4-7H,1-3H3. The Morgan fingerprint density at radius 1 is 1.25 bits per heavy atom. The number of benzene rings is 1. The average Bonchev–Trinajstić information content (AvgIpc) is 2.64. The largest absolute Gasteiger partial charge is 0.207 e. The molecule has 16 heavy (non-hydrogen) atoms. The normalized spacial score (nSPS) is 11.1. The van der Waals surface area contributed by atoms with Gasteiger partial charge in [-0.3, -0.25) is 0 Å². The van der Waals surface area contributed by atoms with Gasteiger partial charge in [-0.2, -0.15) is 0 Å². The Morgan fingerprint density at radius 3 is 2.56 bits per heavy atom. The molecule has 0 saturated carbocycles. The van der Waals surface area contributed by atoms with Gasteiger partial charge in [0.15, 0.2) is 0 Å². The molecule has 2 nitrogen and oxygen atoms in total. The second kappa shape index (κ2) is 4.29. The predicted octanol–water partition coefficient (Wildman–Crippen LogP) is 3.78. The summed E-state index contributed by atoms with van der Waals surface area (Å²) in [6.45, 7) is 6.07. The van der Waals surface area contributed by atoms with Crippen molar-refractivity contribution in [2.45, 2.75) is 26.7 Å². The zero-order valence-corrected chi connectivity index (χ0v) is 10.3. The number of rotatable bonds is 2. The summed E-state index contributed by atoms with van der Waals surface area (Å²) in [4.78, 5) is 0. The van der Waals surface area contributed by atoms with Crippen molar-refractivity contribution in [3.63, 3.8) is 0 Å². The Morgan fingerprint density at radius 2 is 2.00 bits per heavy atom. The maximum absolute atomic E-state index is 13.3. The van der Waals surface area contributed by atoms with Crippen LogP contribution in [-0.4, -0.2) is 10.2 Å². The number of nitrogens with zero attached hydrogens (tertiary/aromatic N) is 2. The molecule has 0 aliphatic heterocycles. The number of hydrogen-bond acceptors (Lipinski definition) is 3. The van der Waals surface area contributed by atoms with E-state index in [0.717, 1.165) is 21.1 Å². The Kier molecular flexibility index (Phi) is 3.01. The van der Waals surface area contributed by atoms with Crippen molar-refractivity contribution in [1.29, 1.82) is 0 Å². The summed E-state index contributed by atoms with van der Waals surface area (Å²) >= 11 is 1.49. The summed E-state index contributed by atoms with van der Waals surface area (Å²) in [5, 5.41) is 9.73. The van der Waals surface area contributed by atoms with Crippen LogP contribution in [0.3, 0.4) is 0 Å². The Labute approximate surface area is 98.2 Å². The van der Waals surface area contributed by atoms with E-state index in [0.29, 0.717) is 5.92 Å². The van der Waals surface area contributed by atoms with Crippen LogP contribution in [0.5, 0.6) is 0 Å². The molecule has 0 N–H and O–H groups in total. The van der Waals surface area contributed by atoms with Crippen molar-refractivity contribution < 1.29 is 4.39 Å². The van der Waals surface area contributed by atoms with E-state index < -0.39 is 0 Å². The van der Waals surface area contributed by atoms with Crippen LogP contribution < -0.4 is 0 Å². The van der Waals surface area contributed by atoms with Gasteiger partial charge < -0.3 is 0 Å². The first-order valence-electron chi connectivity index (χ1n) is 5.18. The van der Waals surface area contributed by atoms with Crippen LogP contribution in [0.1, 0.15) is 30.3 Å². The molecule has 2 rings (SSSR count). The van der Waals surface area contributed by atoms with Crippen LogP contribution in [0.25, 0.3) is 10.6 Å². The SMILES string of the molecule is Cc1nnc(-c2cc(F)ccc2C(C)C)s1. The number of hydrogen-bond donors (Lipinski definition) is 0. The van der Waals surface area contributed by atoms with Crippen LogP contribution in [0.4, 0.5) is 4.39 Å². The minimum absolute atomic E-state index is 0.229. The van der Waals surface area contributed by atoms with Gasteiger partial charge in [0.2, 0.25) is 0 Å². The van der Waals surface area contributed by atoms with Gasteiger partial charge in [-0.25, -0.2) is 4.39 Å². The third-order valence-corrected chi connectivity index (χ3v) is 3.27. The Hall–Kier alpha value is -1.29. The van der Waals surface area contributed by atoms with Crippen LogP contribution in [-0.2, 0) is 0 Å². The zero-order chi connectivity index (χ0) is 11.7. The summed E-state index contributed by atoms with van der Waals surface area (Å²) < 4.78 is 13.3. The molecule has 0 atom stereocenters. The lowest BCUT2D eigenvalue weighted by atomic mass is 9.97. The van der Waals surface area contributed by atoms with E-state index in [4.69, 9.17) is 0 Å². The number of aromatic nitrogens is 2. The third-order valence-electron chi connectivity index (χ3n) is 2.39. The molecule has 0 spiro atoms. The maximum Gasteiger partial charge on any atom is 0.148 e. The van der Waals surface area contributed by atoms with Gasteiger partial charge in [-0.15, -0.1) is 10.2 Å². The van der Waals surface area contributed by atoms with E-state index in [1.807, 2.05) is 13.0 Å². The van der Waals surface area contributed by atoms with E-state index in [9.17, 15) is 4.39 Å². The molecule has 1 aromatic carbocycles. The quantitative estimate of drug-likeness (QED) is 0.793. The first-order chi connectivity index (χ1) is 7.58. The van der Waals surface area contributed by atoms with Crippen molar-refractivity contribution in [2.75, 3.05) is 0 Å². The van der Waals surface area contributed by atoms with Gasteiger partial charge >= 0.3 is 0 Å². The van der Waals surface area contributed by atoms with Crippen molar-refractivity contribution in [3.8, 4) is 10.6 Å². The summed E-state index contributed by atoms with van der Waals surface area (Å²) in [5.74, 6) is 0.118. The van der Waals surface area contributed by atoms with Crippen LogP contribution >= 0.6 is 11.3 Å². The fraction of sp³-hybridized carbons (Fsp3) is 0.333. The highest BCUT2D eigenvalue weighted by atomic mass is 32.1. The van der Waals surface area contributed by atoms with Gasteiger partial charge in [0, 0.05) is 5.56 Å². The molecule has 0 fully saturated rings. The molecule has 4 heteroatoms. The smallest absolute Gasteiger partial charge is 0.148 e. The number of aryl methyl sites for hydroxylation is 1. The first-order valence-corrected chi connectivity index (χ1v) is 5.99. The van der Waals surface area contributed by atoms with Crippen molar-refractivity contribution in [1.82, 2.24) is 10.2 Å². The maximum atomic E-state index is 13.3. The van der Waals surface area contributed by atoms with Gasteiger partial charge in [0.25, 0.3) is 0 Å². The Bertz CT molecular complexity index is 505. The second-order valence-corrected chi connectivity index (χ2v) is 5.19. The highest BCUT2D eigenvalue weighted by molar-refractivity contribution is 7.14. The summed E-state index contributed by atoms with van der Waals surface area (Å²) in [6, 6.07) is 4.86. The lowest BCUT2D eigenvalue weighted by Crippen LogP contribution is -1.93. The lowest BCUT2D eigenvalue weighted by Gasteiger charge is -2.10. The van der Waals surface area contributed by atoms with Gasteiger partial charge in [-0.1, -0.05) is 31.3 Å². The average molecular weight is 236 g/mol. The van der Waals surface area contributed by atoms with E-state index in [1.165, 1.54) is 23.5 Å². The molecule has 0 unspecified atom stereocenters. The molecule has 2 aromatic rings. The molecule has 1 aromatic heterocycles. The molecule has 0 aliphatic carbocycles. The van der Waals surface area contributed by atoms with Gasteiger partial charge in [0.1, 0.15) is 15.8 Å². The minimum Gasteiger partial charge on any atom is -0.207 e. The van der Waals surface area contributed by atoms with E-state index in [2.05, 4.69) is 24.0 Å². The fourth-order valence-corrected chi connectivity index (χ4v) is 2.35. The summed E-state index contributed by atoms with van der Waals surface area (Å²) in [7, 11) is 0. The van der Waals surface area contributed by atoms with Crippen molar-refractivity contribution in [3.05, 3.63) is 34.6 Å². The molecule has 0 bridgehead atoms. The van der Waals surface area contributed by atoms with Crippen LogP contribution in [0, 0.1) is 12.7 Å². The first kappa shape index (κ1) is 11.2. The highest BCUT2D eigenvalue weighted by Crippen LogP contribution is 2.31. The topological polar surface area (TPSA) is 25.8 Å². The number of halogens is 1. The van der Waals surface area contributed by atoms with E-state index in [-0.39, 0.29) is 5.82 Å². The molecule has 0 amide bonds. The molecule has 1 heterocycles. The van der Waals surface area contributed by atoms with Crippen LogP contribution in [0.2, 0.25) is 0 Å². The fourth-order valence-electron chi connectivity index (χ4n) is 1.62. The third kappa shape index (κ3) is 2.11. The molecular weight excluding hydrogens is 223 g/mol. The molecule has 0 aliphatic rings. The predicted molar refractivity (Wildman–Crippen MR) is 64.1 cm³/mol. The molecule has 0 radical (unpaired) electrons.